The van der Waals surface area contributed by atoms with Gasteiger partial charge >= 0.3 is 12.0 Å². The lowest BCUT2D eigenvalue weighted by Crippen LogP contribution is -2.48. The number of nitrogens with zero attached hydrogens (tertiary/aromatic N) is 1. The Morgan fingerprint density at radius 1 is 1.17 bits per heavy atom. The monoisotopic (exact) mass is 397 g/mol. The molecule has 2 aromatic rings. The van der Waals surface area contributed by atoms with Crippen molar-refractivity contribution >= 4 is 12.0 Å². The molecule has 1 aliphatic rings. The number of carboxylic acids is 1. The zero-order chi connectivity index (χ0) is 20.5. The van der Waals surface area contributed by atoms with E-state index in [1.54, 1.807) is 6.20 Å². The molecule has 1 aromatic heterocycles. The highest BCUT2D eigenvalue weighted by atomic mass is 16.5. The summed E-state index contributed by atoms with van der Waals surface area (Å²) >= 11 is 0. The Hall–Kier alpha value is -2.93. The van der Waals surface area contributed by atoms with Gasteiger partial charge in [0.05, 0.1) is 5.69 Å². The minimum absolute atomic E-state index is 0.0107. The number of hydrogen-bond acceptors (Lipinski definition) is 4. The number of urea groups is 1. The summed E-state index contributed by atoms with van der Waals surface area (Å²) in [5.41, 5.74) is 1.92. The molecule has 1 aromatic carbocycles. The van der Waals surface area contributed by atoms with Gasteiger partial charge in [0.1, 0.15) is 6.10 Å². The fraction of sp³-hybridized carbons (Fsp3) is 0.409. The molecule has 1 aliphatic heterocycles. The number of ether oxygens (including phenoxy) is 1. The zero-order valence-corrected chi connectivity index (χ0v) is 16.3. The molecule has 7 heteroatoms. The van der Waals surface area contributed by atoms with Crippen molar-refractivity contribution in [3.63, 3.8) is 0 Å². The second kappa shape index (κ2) is 10.6. The summed E-state index contributed by atoms with van der Waals surface area (Å²) < 4.78 is 5.80. The number of amides is 2. The molecule has 1 unspecified atom stereocenters. The first-order valence-electron chi connectivity index (χ1n) is 9.95. The van der Waals surface area contributed by atoms with Crippen LogP contribution in [0.3, 0.4) is 0 Å². The minimum Gasteiger partial charge on any atom is -0.481 e. The molecule has 2 amide bonds. The van der Waals surface area contributed by atoms with Gasteiger partial charge in [0, 0.05) is 31.3 Å². The first kappa shape index (κ1) is 20.8. The van der Waals surface area contributed by atoms with E-state index in [9.17, 15) is 9.59 Å². The molecule has 0 bridgehead atoms. The molecule has 154 valence electrons. The maximum Gasteiger partial charge on any atom is 0.315 e. The highest BCUT2D eigenvalue weighted by molar-refractivity contribution is 5.74. The van der Waals surface area contributed by atoms with Gasteiger partial charge in [-0.05, 0) is 43.4 Å². The summed E-state index contributed by atoms with van der Waals surface area (Å²) in [6.07, 6.45) is 3.96. The van der Waals surface area contributed by atoms with Gasteiger partial charge in [0.2, 0.25) is 0 Å². The van der Waals surface area contributed by atoms with Crippen LogP contribution in [0.1, 0.15) is 43.0 Å². The molecule has 0 spiro atoms. The molecular weight excluding hydrogens is 370 g/mol. The predicted octanol–water partition coefficient (Wildman–Crippen LogP) is 3.08. The molecule has 7 nitrogen and oxygen atoms in total. The first-order chi connectivity index (χ1) is 14.1. The van der Waals surface area contributed by atoms with Crippen molar-refractivity contribution in [2.45, 2.75) is 50.3 Å². The molecule has 0 radical (unpaired) electrons. The molecule has 0 aliphatic carbocycles. The van der Waals surface area contributed by atoms with Gasteiger partial charge in [0.25, 0.3) is 0 Å². The summed E-state index contributed by atoms with van der Waals surface area (Å²) in [5.74, 6) is -0.868. The summed E-state index contributed by atoms with van der Waals surface area (Å²) in [7, 11) is 0. The number of rotatable bonds is 8. The van der Waals surface area contributed by atoms with E-state index in [0.29, 0.717) is 25.9 Å². The third-order valence-corrected chi connectivity index (χ3v) is 5.00. The lowest BCUT2D eigenvalue weighted by Gasteiger charge is -2.30. The third-order valence-electron chi connectivity index (χ3n) is 5.00. The second-order valence-corrected chi connectivity index (χ2v) is 7.27. The molecule has 0 saturated carbocycles. The van der Waals surface area contributed by atoms with Crippen LogP contribution in [0.25, 0.3) is 0 Å². The number of pyridine rings is 1. The molecule has 29 heavy (non-hydrogen) atoms. The summed E-state index contributed by atoms with van der Waals surface area (Å²) in [6, 6.07) is 14.9. The third kappa shape index (κ3) is 6.87. The fourth-order valence-electron chi connectivity index (χ4n) is 3.53. The first-order valence-corrected chi connectivity index (χ1v) is 9.95. The van der Waals surface area contributed by atoms with Gasteiger partial charge in [-0.1, -0.05) is 36.4 Å². The van der Waals surface area contributed by atoms with Crippen molar-refractivity contribution in [2.75, 3.05) is 6.61 Å². The van der Waals surface area contributed by atoms with Gasteiger partial charge < -0.3 is 20.5 Å². The van der Waals surface area contributed by atoms with Crippen LogP contribution >= 0.6 is 0 Å². The Kier molecular flexibility index (Phi) is 7.58. The highest BCUT2D eigenvalue weighted by Crippen LogP contribution is 2.26. The average Bonchev–Trinajstić information content (AvgIpc) is 2.73. The highest BCUT2D eigenvalue weighted by Gasteiger charge is 2.26. The molecule has 2 heterocycles. The zero-order valence-electron chi connectivity index (χ0n) is 16.3. The topological polar surface area (TPSA) is 101 Å². The Balaban J connectivity index is 1.55. The van der Waals surface area contributed by atoms with Crippen LogP contribution in [-0.4, -0.2) is 40.8 Å². The van der Waals surface area contributed by atoms with Crippen LogP contribution in [0.15, 0.2) is 54.7 Å². The lowest BCUT2D eigenvalue weighted by molar-refractivity contribution is -0.137. The average molecular weight is 397 g/mol. The molecule has 1 saturated heterocycles. The van der Waals surface area contributed by atoms with Crippen LogP contribution in [0.4, 0.5) is 4.79 Å². The lowest BCUT2D eigenvalue weighted by atomic mass is 10.0. The SMILES string of the molecule is O=C(O)CCC(Cc1ccccc1)NC(=O)N[C@@H]1CCO[C@@H](c2ccccn2)C1. The number of benzene rings is 1. The maximum atomic E-state index is 12.6. The van der Waals surface area contributed by atoms with Crippen LogP contribution in [0.2, 0.25) is 0 Å². The van der Waals surface area contributed by atoms with Gasteiger partial charge in [-0.15, -0.1) is 0 Å². The number of carbonyl (C=O) groups is 2. The Labute approximate surface area is 170 Å². The van der Waals surface area contributed by atoms with Gasteiger partial charge in [-0.25, -0.2) is 4.79 Å². The number of aromatic nitrogens is 1. The standard InChI is InChI=1S/C22H27N3O4/c26-21(27)10-9-17(14-16-6-2-1-3-7-16)24-22(28)25-18-11-13-29-20(15-18)19-8-4-5-12-23-19/h1-8,12,17-18,20H,9-11,13-15H2,(H,26,27)(H2,24,25,28)/t17?,18-,20-/m1/s1. The van der Waals surface area contributed by atoms with E-state index in [0.717, 1.165) is 17.7 Å². The van der Waals surface area contributed by atoms with Gasteiger partial charge in [-0.3, -0.25) is 9.78 Å². The molecule has 3 rings (SSSR count). The second-order valence-electron chi connectivity index (χ2n) is 7.27. The van der Waals surface area contributed by atoms with Crippen molar-refractivity contribution in [1.29, 1.82) is 0 Å². The number of nitrogens with one attached hydrogen (secondary N) is 2. The molecule has 3 N–H and O–H groups in total. The Morgan fingerprint density at radius 3 is 2.69 bits per heavy atom. The normalized spacial score (nSPS) is 19.9. The Morgan fingerprint density at radius 2 is 1.97 bits per heavy atom. The smallest absolute Gasteiger partial charge is 0.315 e. The van der Waals surface area contributed by atoms with Crippen molar-refractivity contribution in [2.24, 2.45) is 0 Å². The van der Waals surface area contributed by atoms with E-state index in [1.165, 1.54) is 0 Å². The van der Waals surface area contributed by atoms with E-state index in [1.807, 2.05) is 48.5 Å². The van der Waals surface area contributed by atoms with Crippen LogP contribution < -0.4 is 10.6 Å². The van der Waals surface area contributed by atoms with Crippen LogP contribution in [-0.2, 0) is 16.0 Å². The van der Waals surface area contributed by atoms with Crippen LogP contribution in [0, 0.1) is 0 Å². The van der Waals surface area contributed by atoms with E-state index in [2.05, 4.69) is 15.6 Å². The van der Waals surface area contributed by atoms with E-state index < -0.39 is 5.97 Å². The summed E-state index contributed by atoms with van der Waals surface area (Å²) in [4.78, 5) is 27.9. The van der Waals surface area contributed by atoms with Gasteiger partial charge in [-0.2, -0.15) is 0 Å². The molecular formula is C22H27N3O4. The number of hydrogen-bond donors (Lipinski definition) is 3. The van der Waals surface area contributed by atoms with Crippen molar-refractivity contribution in [1.82, 2.24) is 15.6 Å². The number of aliphatic carboxylic acids is 1. The predicted molar refractivity (Wildman–Crippen MR) is 108 cm³/mol. The van der Waals surface area contributed by atoms with Gasteiger partial charge in [0.15, 0.2) is 0 Å². The van der Waals surface area contributed by atoms with Crippen molar-refractivity contribution in [3.8, 4) is 0 Å². The van der Waals surface area contributed by atoms with E-state index >= 15 is 0 Å². The minimum atomic E-state index is -0.868. The molecule has 1 fully saturated rings. The van der Waals surface area contributed by atoms with Crippen LogP contribution in [0.5, 0.6) is 0 Å². The van der Waals surface area contributed by atoms with E-state index in [-0.39, 0.29) is 30.6 Å². The Bertz CT molecular complexity index is 785. The summed E-state index contributed by atoms with van der Waals surface area (Å²) in [6.45, 7) is 0.554. The number of carbonyl (C=O) groups excluding carboxylic acids is 1. The molecule has 3 atom stereocenters. The van der Waals surface area contributed by atoms with Crippen molar-refractivity contribution in [3.05, 3.63) is 66.0 Å². The maximum absolute atomic E-state index is 12.6. The fourth-order valence-corrected chi connectivity index (χ4v) is 3.53. The quantitative estimate of drug-likeness (QED) is 0.636. The largest absolute Gasteiger partial charge is 0.481 e. The van der Waals surface area contributed by atoms with E-state index in [4.69, 9.17) is 9.84 Å². The number of carboxylic acid groups (broad SMARTS) is 1. The summed E-state index contributed by atoms with van der Waals surface area (Å²) in [5, 5.41) is 15.0. The van der Waals surface area contributed by atoms with Crippen molar-refractivity contribution < 1.29 is 19.4 Å².